The molecular weight excluding hydrogens is 212 g/mol. The molecule has 0 spiro atoms. The highest BCUT2D eigenvalue weighted by Gasteiger charge is 2.28. The second kappa shape index (κ2) is 6.27. The fourth-order valence-corrected chi connectivity index (χ4v) is 3.12. The lowest BCUT2D eigenvalue weighted by atomic mass is 10.1. The van der Waals surface area contributed by atoms with Crippen LogP contribution >= 0.6 is 0 Å². The molecule has 0 radical (unpaired) electrons. The van der Waals surface area contributed by atoms with E-state index in [0.717, 1.165) is 26.1 Å². The van der Waals surface area contributed by atoms with Crippen molar-refractivity contribution >= 4 is 6.03 Å². The van der Waals surface area contributed by atoms with Gasteiger partial charge in [0.15, 0.2) is 0 Å². The largest absolute Gasteiger partial charge is 0.325 e. The van der Waals surface area contributed by atoms with Gasteiger partial charge < -0.3 is 9.80 Å². The number of urea groups is 1. The summed E-state index contributed by atoms with van der Waals surface area (Å²) in [7, 11) is 0. The molecule has 1 unspecified atom stereocenters. The van der Waals surface area contributed by atoms with E-state index in [1.165, 1.54) is 44.9 Å². The van der Waals surface area contributed by atoms with E-state index in [2.05, 4.69) is 16.7 Å². The average molecular weight is 238 g/mol. The first-order valence-corrected chi connectivity index (χ1v) is 7.38. The van der Waals surface area contributed by atoms with E-state index in [1.54, 1.807) is 0 Å². The van der Waals surface area contributed by atoms with Crippen molar-refractivity contribution in [3.63, 3.8) is 0 Å². The maximum Gasteiger partial charge on any atom is 0.320 e. The van der Waals surface area contributed by atoms with Crippen LogP contribution in [-0.2, 0) is 0 Å². The van der Waals surface area contributed by atoms with Gasteiger partial charge in [-0.2, -0.15) is 0 Å². The highest BCUT2D eigenvalue weighted by molar-refractivity contribution is 5.75. The molecule has 0 saturated carbocycles. The first-order chi connectivity index (χ1) is 8.33. The summed E-state index contributed by atoms with van der Waals surface area (Å²) in [6.07, 6.45) is 9.77. The molecular formula is C14H26N2O. The number of piperidine rings is 1. The fourth-order valence-electron chi connectivity index (χ4n) is 3.12. The second-order valence-electron chi connectivity index (χ2n) is 5.44. The summed E-state index contributed by atoms with van der Waals surface area (Å²) < 4.78 is 0. The quantitative estimate of drug-likeness (QED) is 0.688. The Bertz CT molecular complexity index is 249. The summed E-state index contributed by atoms with van der Waals surface area (Å²) in [5.74, 6) is 0. The van der Waals surface area contributed by atoms with Crippen LogP contribution in [0.25, 0.3) is 0 Å². The minimum absolute atomic E-state index is 0.318. The molecule has 3 nitrogen and oxygen atoms in total. The number of hydrogen-bond acceptors (Lipinski definition) is 1. The first kappa shape index (κ1) is 12.7. The topological polar surface area (TPSA) is 23.6 Å². The van der Waals surface area contributed by atoms with Crippen molar-refractivity contribution in [2.24, 2.45) is 0 Å². The number of nitrogens with zero attached hydrogens (tertiary/aromatic N) is 2. The Hall–Kier alpha value is -0.730. The third kappa shape index (κ3) is 3.14. The van der Waals surface area contributed by atoms with Crippen molar-refractivity contribution in [2.75, 3.05) is 19.6 Å². The molecule has 0 aromatic heterocycles. The Morgan fingerprint density at radius 3 is 2.35 bits per heavy atom. The normalized spacial score (nSPS) is 26.8. The molecule has 0 aromatic rings. The molecule has 0 aliphatic carbocycles. The van der Waals surface area contributed by atoms with Crippen LogP contribution in [0.1, 0.15) is 58.3 Å². The molecule has 98 valence electrons. The van der Waals surface area contributed by atoms with Crippen molar-refractivity contribution in [1.29, 1.82) is 0 Å². The minimum atomic E-state index is 0.318. The van der Waals surface area contributed by atoms with Crippen LogP contribution in [0.4, 0.5) is 4.79 Å². The Morgan fingerprint density at radius 1 is 1.00 bits per heavy atom. The molecule has 0 bridgehead atoms. The second-order valence-corrected chi connectivity index (χ2v) is 5.44. The lowest BCUT2D eigenvalue weighted by Crippen LogP contribution is -2.49. The van der Waals surface area contributed by atoms with E-state index < -0.39 is 0 Å². The smallest absolute Gasteiger partial charge is 0.320 e. The zero-order chi connectivity index (χ0) is 12.1. The SMILES string of the molecule is CCC1CCCCCN1C(=O)N1CCCCC1. The number of carbonyl (C=O) groups is 1. The van der Waals surface area contributed by atoms with Gasteiger partial charge in [-0.05, 0) is 38.5 Å². The van der Waals surface area contributed by atoms with Gasteiger partial charge in [-0.25, -0.2) is 4.79 Å². The third-order valence-corrected chi connectivity index (χ3v) is 4.22. The molecule has 2 rings (SSSR count). The number of rotatable bonds is 1. The number of carbonyl (C=O) groups excluding carboxylic acids is 1. The Labute approximate surface area is 105 Å². The summed E-state index contributed by atoms with van der Waals surface area (Å²) in [5, 5.41) is 0. The first-order valence-electron chi connectivity index (χ1n) is 7.38. The summed E-state index contributed by atoms with van der Waals surface area (Å²) in [4.78, 5) is 16.8. The van der Waals surface area contributed by atoms with Gasteiger partial charge in [0.2, 0.25) is 0 Å². The summed E-state index contributed by atoms with van der Waals surface area (Å²) in [6.45, 7) is 5.15. The van der Waals surface area contributed by atoms with Crippen LogP contribution in [-0.4, -0.2) is 41.5 Å². The zero-order valence-corrected chi connectivity index (χ0v) is 11.2. The van der Waals surface area contributed by atoms with Gasteiger partial charge in [0.1, 0.15) is 0 Å². The Kier molecular flexibility index (Phi) is 4.69. The standard InChI is InChI=1S/C14H26N2O/c1-2-13-9-5-3-8-12-16(13)14(17)15-10-6-4-7-11-15/h13H,2-12H2,1H3. The van der Waals surface area contributed by atoms with Crippen LogP contribution in [0.15, 0.2) is 0 Å². The van der Waals surface area contributed by atoms with E-state index in [-0.39, 0.29) is 0 Å². The van der Waals surface area contributed by atoms with Gasteiger partial charge in [0.25, 0.3) is 0 Å². The van der Waals surface area contributed by atoms with Gasteiger partial charge in [-0.15, -0.1) is 0 Å². The van der Waals surface area contributed by atoms with Gasteiger partial charge in [-0.3, -0.25) is 0 Å². The van der Waals surface area contributed by atoms with Crippen molar-refractivity contribution in [1.82, 2.24) is 9.80 Å². The van der Waals surface area contributed by atoms with E-state index in [9.17, 15) is 4.79 Å². The third-order valence-electron chi connectivity index (χ3n) is 4.22. The molecule has 2 saturated heterocycles. The highest BCUT2D eigenvalue weighted by Crippen LogP contribution is 2.21. The molecule has 3 heteroatoms. The minimum Gasteiger partial charge on any atom is -0.325 e. The fraction of sp³-hybridized carbons (Fsp3) is 0.929. The molecule has 2 aliphatic rings. The van der Waals surface area contributed by atoms with Gasteiger partial charge in [-0.1, -0.05) is 19.8 Å². The predicted octanol–water partition coefficient (Wildman–Crippen LogP) is 3.25. The van der Waals surface area contributed by atoms with Crippen molar-refractivity contribution < 1.29 is 4.79 Å². The van der Waals surface area contributed by atoms with Gasteiger partial charge >= 0.3 is 6.03 Å². The number of hydrogen-bond donors (Lipinski definition) is 0. The summed E-state index contributed by atoms with van der Waals surface area (Å²) >= 11 is 0. The molecule has 2 aliphatic heterocycles. The Balaban J connectivity index is 1.98. The molecule has 2 heterocycles. The van der Waals surface area contributed by atoms with Crippen molar-refractivity contribution in [3.05, 3.63) is 0 Å². The van der Waals surface area contributed by atoms with E-state index in [0.29, 0.717) is 12.1 Å². The lowest BCUT2D eigenvalue weighted by Gasteiger charge is -2.36. The van der Waals surface area contributed by atoms with Crippen LogP contribution in [0, 0.1) is 0 Å². The predicted molar refractivity (Wildman–Crippen MR) is 70.1 cm³/mol. The lowest BCUT2D eigenvalue weighted by molar-refractivity contribution is 0.124. The maximum absolute atomic E-state index is 12.5. The molecule has 2 amide bonds. The molecule has 1 atom stereocenters. The molecule has 0 N–H and O–H groups in total. The van der Waals surface area contributed by atoms with E-state index in [1.807, 2.05) is 0 Å². The number of amides is 2. The van der Waals surface area contributed by atoms with Crippen molar-refractivity contribution in [3.8, 4) is 0 Å². The Morgan fingerprint density at radius 2 is 1.65 bits per heavy atom. The van der Waals surface area contributed by atoms with Crippen LogP contribution in [0.3, 0.4) is 0 Å². The van der Waals surface area contributed by atoms with E-state index in [4.69, 9.17) is 0 Å². The maximum atomic E-state index is 12.5. The van der Waals surface area contributed by atoms with Gasteiger partial charge in [0, 0.05) is 25.7 Å². The monoisotopic (exact) mass is 238 g/mol. The average Bonchev–Trinajstić information content (AvgIpc) is 2.64. The molecule has 2 fully saturated rings. The van der Waals surface area contributed by atoms with Crippen molar-refractivity contribution in [2.45, 2.75) is 64.3 Å². The van der Waals surface area contributed by atoms with E-state index >= 15 is 0 Å². The summed E-state index contributed by atoms with van der Waals surface area (Å²) in [6, 6.07) is 0.811. The number of likely N-dealkylation sites (tertiary alicyclic amines) is 2. The zero-order valence-electron chi connectivity index (χ0n) is 11.2. The molecule has 0 aromatic carbocycles. The summed E-state index contributed by atoms with van der Waals surface area (Å²) in [5.41, 5.74) is 0. The van der Waals surface area contributed by atoms with Crippen LogP contribution in [0.5, 0.6) is 0 Å². The highest BCUT2D eigenvalue weighted by atomic mass is 16.2. The molecule has 17 heavy (non-hydrogen) atoms. The van der Waals surface area contributed by atoms with Crippen LogP contribution < -0.4 is 0 Å². The van der Waals surface area contributed by atoms with Crippen LogP contribution in [0.2, 0.25) is 0 Å². The van der Waals surface area contributed by atoms with Gasteiger partial charge in [0.05, 0.1) is 0 Å².